The summed E-state index contributed by atoms with van der Waals surface area (Å²) in [4.78, 5) is 12.1. The van der Waals surface area contributed by atoms with Crippen molar-refractivity contribution in [3.8, 4) is 0 Å². The molecule has 2 bridgehead atoms. The van der Waals surface area contributed by atoms with Crippen molar-refractivity contribution in [2.75, 3.05) is 0 Å². The summed E-state index contributed by atoms with van der Waals surface area (Å²) < 4.78 is 0. The molecule has 3 aliphatic rings. The van der Waals surface area contributed by atoms with Gasteiger partial charge in [0.15, 0.2) is 0 Å². The van der Waals surface area contributed by atoms with Gasteiger partial charge in [0.25, 0.3) is 0 Å². The molecule has 1 amide bonds. The molecule has 0 aromatic heterocycles. The molecule has 2 nitrogen and oxygen atoms in total. The lowest BCUT2D eigenvalue weighted by molar-refractivity contribution is -0.123. The van der Waals surface area contributed by atoms with Crippen molar-refractivity contribution in [3.05, 3.63) is 0 Å². The zero-order chi connectivity index (χ0) is 12.5. The van der Waals surface area contributed by atoms with Crippen LogP contribution in [0.3, 0.4) is 0 Å². The number of rotatable bonds is 3. The fraction of sp³-hybridized carbons (Fsp3) is 0.933. The summed E-state index contributed by atoms with van der Waals surface area (Å²) in [5.41, 5.74) is 0. The monoisotopic (exact) mass is 269 g/mol. The molecular formula is C15H24ClNO. The molecule has 3 atom stereocenters. The molecule has 3 unspecified atom stereocenters. The summed E-state index contributed by atoms with van der Waals surface area (Å²) in [6.07, 6.45) is 10.5. The van der Waals surface area contributed by atoms with Gasteiger partial charge in [-0.15, -0.1) is 11.6 Å². The fourth-order valence-corrected chi connectivity index (χ4v) is 4.60. The third kappa shape index (κ3) is 2.84. The standard InChI is InChI=1S/C15H24ClNO/c16-13-3-5-14(6-4-13)17-15(18)9-12-8-10-1-2-11(12)7-10/h10-14H,1-9H2,(H,17,18). The molecule has 3 rings (SSSR count). The van der Waals surface area contributed by atoms with E-state index in [1.165, 1.54) is 25.7 Å². The van der Waals surface area contributed by atoms with Gasteiger partial charge in [-0.2, -0.15) is 0 Å². The summed E-state index contributed by atoms with van der Waals surface area (Å²) in [6.45, 7) is 0. The van der Waals surface area contributed by atoms with Crippen molar-refractivity contribution in [3.63, 3.8) is 0 Å². The molecule has 3 fully saturated rings. The molecule has 18 heavy (non-hydrogen) atoms. The zero-order valence-electron chi connectivity index (χ0n) is 11.0. The van der Waals surface area contributed by atoms with Gasteiger partial charge in [0, 0.05) is 17.8 Å². The SMILES string of the molecule is O=C(CC1CC2CCC1C2)NC1CCC(Cl)CC1. The molecule has 0 saturated heterocycles. The van der Waals surface area contributed by atoms with Gasteiger partial charge in [0.2, 0.25) is 5.91 Å². The van der Waals surface area contributed by atoms with Gasteiger partial charge in [-0.25, -0.2) is 0 Å². The van der Waals surface area contributed by atoms with Gasteiger partial charge in [-0.1, -0.05) is 6.42 Å². The molecule has 102 valence electrons. The Bertz CT molecular complexity index is 312. The van der Waals surface area contributed by atoms with Crippen LogP contribution in [0.1, 0.15) is 57.8 Å². The number of amides is 1. The van der Waals surface area contributed by atoms with Crippen LogP contribution in [0, 0.1) is 17.8 Å². The van der Waals surface area contributed by atoms with Crippen molar-refractivity contribution >= 4 is 17.5 Å². The molecular weight excluding hydrogens is 246 g/mol. The minimum Gasteiger partial charge on any atom is -0.353 e. The summed E-state index contributed by atoms with van der Waals surface area (Å²) in [6, 6.07) is 0.395. The first-order chi connectivity index (χ1) is 8.70. The second-order valence-corrected chi connectivity index (χ2v) is 7.27. The third-order valence-electron chi connectivity index (χ3n) is 5.35. The number of carbonyl (C=O) groups is 1. The first kappa shape index (κ1) is 12.8. The Morgan fingerprint density at radius 1 is 1.06 bits per heavy atom. The van der Waals surface area contributed by atoms with E-state index in [1.54, 1.807) is 0 Å². The van der Waals surface area contributed by atoms with Gasteiger partial charge in [-0.3, -0.25) is 4.79 Å². The second kappa shape index (κ2) is 5.40. The molecule has 3 aliphatic carbocycles. The Balaban J connectivity index is 1.42. The van der Waals surface area contributed by atoms with E-state index in [1.807, 2.05) is 0 Å². The molecule has 0 aliphatic heterocycles. The van der Waals surface area contributed by atoms with E-state index in [-0.39, 0.29) is 0 Å². The Kier molecular flexibility index (Phi) is 3.83. The van der Waals surface area contributed by atoms with Crippen LogP contribution in [-0.4, -0.2) is 17.3 Å². The lowest BCUT2D eigenvalue weighted by Crippen LogP contribution is -2.38. The largest absolute Gasteiger partial charge is 0.353 e. The average molecular weight is 270 g/mol. The molecule has 1 N–H and O–H groups in total. The van der Waals surface area contributed by atoms with Gasteiger partial charge < -0.3 is 5.32 Å². The van der Waals surface area contributed by atoms with E-state index in [2.05, 4.69) is 5.32 Å². The quantitative estimate of drug-likeness (QED) is 0.781. The maximum Gasteiger partial charge on any atom is 0.220 e. The smallest absolute Gasteiger partial charge is 0.220 e. The van der Waals surface area contributed by atoms with Crippen LogP contribution >= 0.6 is 11.6 Å². The highest BCUT2D eigenvalue weighted by molar-refractivity contribution is 6.20. The highest BCUT2D eigenvalue weighted by atomic mass is 35.5. The Morgan fingerprint density at radius 2 is 1.83 bits per heavy atom. The molecule has 0 radical (unpaired) electrons. The maximum atomic E-state index is 12.1. The normalized spacial score (nSPS) is 43.1. The average Bonchev–Trinajstić information content (AvgIpc) is 2.94. The minimum absolute atomic E-state index is 0.297. The van der Waals surface area contributed by atoms with Crippen LogP contribution in [0.2, 0.25) is 0 Å². The van der Waals surface area contributed by atoms with Crippen molar-refractivity contribution in [2.45, 2.75) is 69.2 Å². The predicted molar refractivity (Wildman–Crippen MR) is 73.6 cm³/mol. The van der Waals surface area contributed by atoms with Crippen LogP contribution < -0.4 is 5.32 Å². The van der Waals surface area contributed by atoms with Crippen molar-refractivity contribution in [1.29, 1.82) is 0 Å². The van der Waals surface area contributed by atoms with Crippen LogP contribution in [0.5, 0.6) is 0 Å². The zero-order valence-corrected chi connectivity index (χ0v) is 11.8. The van der Waals surface area contributed by atoms with Crippen molar-refractivity contribution in [1.82, 2.24) is 5.32 Å². The fourth-order valence-electron chi connectivity index (χ4n) is 4.35. The van der Waals surface area contributed by atoms with Crippen molar-refractivity contribution in [2.24, 2.45) is 17.8 Å². The Labute approximate surface area is 115 Å². The molecule has 3 saturated carbocycles. The second-order valence-electron chi connectivity index (χ2n) is 6.66. The summed E-state index contributed by atoms with van der Waals surface area (Å²) in [7, 11) is 0. The number of hydrogen-bond donors (Lipinski definition) is 1. The van der Waals surface area contributed by atoms with Crippen LogP contribution in [-0.2, 0) is 4.79 Å². The molecule has 0 spiro atoms. The van der Waals surface area contributed by atoms with E-state index < -0.39 is 0 Å². The van der Waals surface area contributed by atoms with E-state index in [9.17, 15) is 4.79 Å². The van der Waals surface area contributed by atoms with E-state index in [0.29, 0.717) is 23.2 Å². The summed E-state index contributed by atoms with van der Waals surface area (Å²) in [5, 5.41) is 3.56. The van der Waals surface area contributed by atoms with E-state index in [0.717, 1.165) is 43.9 Å². The first-order valence-corrected chi connectivity index (χ1v) is 8.08. The first-order valence-electron chi connectivity index (χ1n) is 7.64. The number of carbonyl (C=O) groups excluding carboxylic acids is 1. The number of alkyl halides is 1. The third-order valence-corrected chi connectivity index (χ3v) is 5.79. The number of halogens is 1. The number of hydrogen-bond acceptors (Lipinski definition) is 1. The molecule has 0 aromatic rings. The predicted octanol–water partition coefficient (Wildman–Crippen LogP) is 3.48. The van der Waals surface area contributed by atoms with Gasteiger partial charge in [0.05, 0.1) is 0 Å². The lowest BCUT2D eigenvalue weighted by Gasteiger charge is -2.27. The van der Waals surface area contributed by atoms with Gasteiger partial charge >= 0.3 is 0 Å². The summed E-state index contributed by atoms with van der Waals surface area (Å²) in [5.74, 6) is 2.79. The number of nitrogens with one attached hydrogen (secondary N) is 1. The summed E-state index contributed by atoms with van der Waals surface area (Å²) >= 11 is 6.09. The Morgan fingerprint density at radius 3 is 2.44 bits per heavy atom. The lowest BCUT2D eigenvalue weighted by atomic mass is 9.86. The minimum atomic E-state index is 0.297. The molecule has 3 heteroatoms. The van der Waals surface area contributed by atoms with Crippen LogP contribution in [0.15, 0.2) is 0 Å². The highest BCUT2D eigenvalue weighted by Crippen LogP contribution is 2.49. The van der Waals surface area contributed by atoms with E-state index >= 15 is 0 Å². The van der Waals surface area contributed by atoms with Crippen molar-refractivity contribution < 1.29 is 4.79 Å². The number of fused-ring (bicyclic) bond motifs is 2. The van der Waals surface area contributed by atoms with Gasteiger partial charge in [0.1, 0.15) is 0 Å². The van der Waals surface area contributed by atoms with Crippen LogP contribution in [0.4, 0.5) is 0 Å². The maximum absolute atomic E-state index is 12.1. The highest BCUT2D eigenvalue weighted by Gasteiger charge is 2.40. The van der Waals surface area contributed by atoms with Gasteiger partial charge in [-0.05, 0) is 62.7 Å². The molecule has 0 aromatic carbocycles. The topological polar surface area (TPSA) is 29.1 Å². The van der Waals surface area contributed by atoms with Crippen LogP contribution in [0.25, 0.3) is 0 Å². The Hall–Kier alpha value is -0.240. The molecule has 0 heterocycles. The van der Waals surface area contributed by atoms with E-state index in [4.69, 9.17) is 11.6 Å².